The summed E-state index contributed by atoms with van der Waals surface area (Å²) in [5.41, 5.74) is 2.53. The number of allylic oxidation sites excluding steroid dienone is 1. The summed E-state index contributed by atoms with van der Waals surface area (Å²) in [6, 6.07) is 7.96. The van der Waals surface area contributed by atoms with Gasteiger partial charge in [0.1, 0.15) is 6.61 Å². The van der Waals surface area contributed by atoms with E-state index in [0.29, 0.717) is 6.61 Å². The molecule has 0 fully saturated rings. The molecule has 0 aliphatic carbocycles. The lowest BCUT2D eigenvalue weighted by Crippen LogP contribution is -2.41. The molecule has 0 aromatic heterocycles. The highest BCUT2D eigenvalue weighted by atomic mass is 16.6. The Bertz CT molecular complexity index is 481. The number of carbonyl (C=O) groups excluding carboxylic acids is 1. The molecule has 0 bridgehead atoms. The fraction of sp³-hybridized carbons (Fsp3) is 0.500. The molecule has 1 rings (SSSR count). The Morgan fingerprint density at radius 3 is 2.45 bits per heavy atom. The largest absolute Gasteiger partial charge is 0.447 e. The predicted octanol–water partition coefficient (Wildman–Crippen LogP) is 4.60. The lowest BCUT2D eigenvalue weighted by atomic mass is 9.92. The molecule has 0 radical (unpaired) electrons. The number of amides is 1. The number of methoxy groups -OCH3 is 1. The van der Waals surface area contributed by atoms with Gasteiger partial charge in [-0.2, -0.15) is 0 Å². The first-order chi connectivity index (χ1) is 9.36. The van der Waals surface area contributed by atoms with Crippen molar-refractivity contribution in [2.45, 2.75) is 41.2 Å². The van der Waals surface area contributed by atoms with Crippen molar-refractivity contribution in [3.05, 3.63) is 42.0 Å². The van der Waals surface area contributed by atoms with Gasteiger partial charge in [0.2, 0.25) is 0 Å². The Morgan fingerprint density at radius 2 is 1.91 bits per heavy atom. The normalized spacial score (nSPS) is 10.0. The SMILES string of the molecule is C.C.C=C(C)c1cccc(C(C)(C)NC(=O)OCCOC)c1. The number of hydrogen-bond donors (Lipinski definition) is 1. The van der Waals surface area contributed by atoms with Gasteiger partial charge in [-0.1, -0.05) is 45.2 Å². The molecule has 0 spiro atoms. The lowest BCUT2D eigenvalue weighted by Gasteiger charge is -2.27. The Balaban J connectivity index is 0. The van der Waals surface area contributed by atoms with E-state index in [2.05, 4.69) is 11.9 Å². The second-order valence-corrected chi connectivity index (χ2v) is 5.24. The number of carbonyl (C=O) groups is 1. The van der Waals surface area contributed by atoms with Crippen LogP contribution in [0.25, 0.3) is 5.57 Å². The van der Waals surface area contributed by atoms with Crippen molar-refractivity contribution in [1.29, 1.82) is 0 Å². The van der Waals surface area contributed by atoms with Gasteiger partial charge in [-0.15, -0.1) is 0 Å². The van der Waals surface area contributed by atoms with Gasteiger partial charge in [-0.05, 0) is 38.0 Å². The molecular weight excluding hydrogens is 278 g/mol. The highest BCUT2D eigenvalue weighted by molar-refractivity contribution is 5.69. The number of hydrogen-bond acceptors (Lipinski definition) is 3. The minimum Gasteiger partial charge on any atom is -0.447 e. The fourth-order valence-electron chi connectivity index (χ4n) is 1.75. The molecule has 0 saturated carbocycles. The number of nitrogens with one attached hydrogen (secondary N) is 1. The van der Waals surface area contributed by atoms with Crippen LogP contribution >= 0.6 is 0 Å². The molecule has 0 aliphatic heterocycles. The van der Waals surface area contributed by atoms with Crippen molar-refractivity contribution in [2.75, 3.05) is 20.3 Å². The molecule has 1 aromatic rings. The topological polar surface area (TPSA) is 47.6 Å². The monoisotopic (exact) mass is 309 g/mol. The zero-order valence-electron chi connectivity index (χ0n) is 12.7. The maximum absolute atomic E-state index is 11.7. The summed E-state index contributed by atoms with van der Waals surface area (Å²) < 4.78 is 9.86. The van der Waals surface area contributed by atoms with E-state index in [1.165, 1.54) is 0 Å². The zero-order valence-corrected chi connectivity index (χ0v) is 12.7. The van der Waals surface area contributed by atoms with Crippen molar-refractivity contribution < 1.29 is 14.3 Å². The van der Waals surface area contributed by atoms with E-state index >= 15 is 0 Å². The fourth-order valence-corrected chi connectivity index (χ4v) is 1.75. The van der Waals surface area contributed by atoms with Crippen LogP contribution in [0.15, 0.2) is 30.8 Å². The van der Waals surface area contributed by atoms with Crippen molar-refractivity contribution >= 4 is 11.7 Å². The summed E-state index contributed by atoms with van der Waals surface area (Å²) in [4.78, 5) is 11.7. The lowest BCUT2D eigenvalue weighted by molar-refractivity contribution is 0.0931. The van der Waals surface area contributed by atoms with Gasteiger partial charge >= 0.3 is 6.09 Å². The van der Waals surface area contributed by atoms with Gasteiger partial charge in [0.25, 0.3) is 0 Å². The molecular formula is C18H31NO3. The molecule has 22 heavy (non-hydrogen) atoms. The Kier molecular flexibility index (Phi) is 10.2. The maximum Gasteiger partial charge on any atom is 0.407 e. The van der Waals surface area contributed by atoms with Crippen molar-refractivity contribution in [3.63, 3.8) is 0 Å². The summed E-state index contributed by atoms with van der Waals surface area (Å²) in [5, 5.41) is 2.85. The molecule has 4 heteroatoms. The Morgan fingerprint density at radius 1 is 1.27 bits per heavy atom. The van der Waals surface area contributed by atoms with E-state index in [1.807, 2.05) is 45.0 Å². The van der Waals surface area contributed by atoms with Crippen molar-refractivity contribution in [2.24, 2.45) is 0 Å². The second kappa shape index (κ2) is 10.0. The van der Waals surface area contributed by atoms with Crippen LogP contribution in [0.1, 0.15) is 46.8 Å². The molecule has 0 aliphatic rings. The summed E-state index contributed by atoms with van der Waals surface area (Å²) >= 11 is 0. The van der Waals surface area contributed by atoms with Crippen LogP contribution in [0, 0.1) is 0 Å². The van der Waals surface area contributed by atoms with Crippen LogP contribution in [0.3, 0.4) is 0 Å². The van der Waals surface area contributed by atoms with Crippen LogP contribution in [0.5, 0.6) is 0 Å². The third-order valence-corrected chi connectivity index (χ3v) is 3.01. The van der Waals surface area contributed by atoms with E-state index in [-0.39, 0.29) is 21.5 Å². The third kappa shape index (κ3) is 6.76. The quantitative estimate of drug-likeness (QED) is 0.781. The highest BCUT2D eigenvalue weighted by Crippen LogP contribution is 2.23. The van der Waals surface area contributed by atoms with Crippen molar-refractivity contribution in [3.8, 4) is 0 Å². The summed E-state index contributed by atoms with van der Waals surface area (Å²) in [5.74, 6) is 0. The average Bonchev–Trinajstić information content (AvgIpc) is 2.38. The average molecular weight is 309 g/mol. The minimum atomic E-state index is -0.518. The first-order valence-electron chi connectivity index (χ1n) is 6.57. The van der Waals surface area contributed by atoms with Gasteiger partial charge in [-0.25, -0.2) is 4.79 Å². The van der Waals surface area contributed by atoms with E-state index in [4.69, 9.17) is 9.47 Å². The van der Waals surface area contributed by atoms with Crippen LogP contribution < -0.4 is 5.32 Å². The van der Waals surface area contributed by atoms with Gasteiger partial charge in [0.05, 0.1) is 12.1 Å². The van der Waals surface area contributed by atoms with Gasteiger partial charge < -0.3 is 14.8 Å². The van der Waals surface area contributed by atoms with E-state index in [1.54, 1.807) is 7.11 Å². The molecule has 0 saturated heterocycles. The third-order valence-electron chi connectivity index (χ3n) is 3.01. The molecule has 0 heterocycles. The highest BCUT2D eigenvalue weighted by Gasteiger charge is 2.23. The Labute approximate surface area is 135 Å². The summed E-state index contributed by atoms with van der Waals surface area (Å²) in [6.45, 7) is 10.4. The smallest absolute Gasteiger partial charge is 0.407 e. The van der Waals surface area contributed by atoms with E-state index in [0.717, 1.165) is 16.7 Å². The summed E-state index contributed by atoms with van der Waals surface area (Å²) in [7, 11) is 1.56. The van der Waals surface area contributed by atoms with Gasteiger partial charge in [-0.3, -0.25) is 0 Å². The van der Waals surface area contributed by atoms with E-state index in [9.17, 15) is 4.79 Å². The standard InChI is InChI=1S/C16H23NO3.2CH4/c1-12(2)13-7-6-8-14(11-13)16(3,4)17-15(18)20-10-9-19-5;;/h6-8,11H,1,9-10H2,2-5H3,(H,17,18);2*1H4. The molecule has 126 valence electrons. The van der Waals surface area contributed by atoms with Gasteiger partial charge in [0.15, 0.2) is 0 Å². The first-order valence-corrected chi connectivity index (χ1v) is 6.57. The number of benzene rings is 1. The van der Waals surface area contributed by atoms with Crippen molar-refractivity contribution in [1.82, 2.24) is 5.32 Å². The zero-order chi connectivity index (χ0) is 15.2. The summed E-state index contributed by atoms with van der Waals surface area (Å²) in [6.07, 6.45) is -0.451. The predicted molar refractivity (Wildman–Crippen MR) is 94.0 cm³/mol. The molecule has 4 nitrogen and oxygen atoms in total. The minimum absolute atomic E-state index is 0. The maximum atomic E-state index is 11.7. The molecule has 1 amide bonds. The second-order valence-electron chi connectivity index (χ2n) is 5.24. The molecule has 1 N–H and O–H groups in total. The molecule has 1 aromatic carbocycles. The van der Waals surface area contributed by atoms with E-state index < -0.39 is 11.6 Å². The first kappa shape index (κ1) is 22.5. The van der Waals surface area contributed by atoms with Gasteiger partial charge in [0, 0.05) is 7.11 Å². The molecule has 0 atom stereocenters. The van der Waals surface area contributed by atoms with Crippen LogP contribution in [-0.2, 0) is 15.0 Å². The number of alkyl carbamates (subject to hydrolysis) is 1. The number of ether oxygens (including phenoxy) is 2. The Hall–Kier alpha value is -1.81. The van der Waals surface area contributed by atoms with Crippen LogP contribution in [0.2, 0.25) is 0 Å². The molecule has 0 unspecified atom stereocenters. The number of rotatable bonds is 6. The van der Waals surface area contributed by atoms with Crippen LogP contribution in [-0.4, -0.2) is 26.4 Å². The van der Waals surface area contributed by atoms with Crippen LogP contribution in [0.4, 0.5) is 4.79 Å².